The highest BCUT2D eigenvalue weighted by Gasteiger charge is 2.31. The highest BCUT2D eigenvalue weighted by atomic mass is 32.2. The van der Waals surface area contributed by atoms with E-state index in [1.54, 1.807) is 12.1 Å². The number of rotatable bonds is 7. The number of anilines is 1. The van der Waals surface area contributed by atoms with Crippen LogP contribution in [0.2, 0.25) is 0 Å². The second-order valence-corrected chi connectivity index (χ2v) is 8.21. The molecule has 0 saturated heterocycles. The molecule has 2 aromatic carbocycles. The zero-order valence-electron chi connectivity index (χ0n) is 16.0. The summed E-state index contributed by atoms with van der Waals surface area (Å²) in [4.78, 5) is 12.5. The number of hydrogen-bond acceptors (Lipinski definition) is 4. The van der Waals surface area contributed by atoms with Crippen LogP contribution >= 0.6 is 0 Å². The summed E-state index contributed by atoms with van der Waals surface area (Å²) in [6.07, 6.45) is -3.53. The fourth-order valence-corrected chi connectivity index (χ4v) is 3.91. The molecule has 2 rings (SSSR count). The molecule has 0 radical (unpaired) electrons. The number of nitrogens with zero attached hydrogens (tertiary/aromatic N) is 1. The molecular weight excluding hydrogens is 409 g/mol. The quantitative estimate of drug-likeness (QED) is 0.732. The Morgan fingerprint density at radius 1 is 1.17 bits per heavy atom. The van der Waals surface area contributed by atoms with Crippen LogP contribution in [-0.4, -0.2) is 33.7 Å². The van der Waals surface area contributed by atoms with Gasteiger partial charge in [-0.3, -0.25) is 9.10 Å². The minimum atomic E-state index is -4.49. The molecule has 0 aliphatic heterocycles. The average molecular weight is 430 g/mol. The van der Waals surface area contributed by atoms with Crippen LogP contribution in [0.15, 0.2) is 48.5 Å². The fraction of sp³-hybridized carbons (Fsp3) is 0.316. The predicted octanol–water partition coefficient (Wildman–Crippen LogP) is 3.18. The molecule has 0 saturated carbocycles. The summed E-state index contributed by atoms with van der Waals surface area (Å²) < 4.78 is 68.9. The van der Waals surface area contributed by atoms with Crippen LogP contribution in [0, 0.1) is 0 Å². The topological polar surface area (TPSA) is 75.7 Å². The van der Waals surface area contributed by atoms with Crippen molar-refractivity contribution in [2.75, 3.05) is 17.7 Å². The van der Waals surface area contributed by atoms with Gasteiger partial charge in [-0.15, -0.1) is 0 Å². The molecule has 0 fully saturated rings. The Labute approximate surface area is 167 Å². The third kappa shape index (κ3) is 5.86. The number of hydrogen-bond donors (Lipinski definition) is 1. The minimum absolute atomic E-state index is 0.173. The van der Waals surface area contributed by atoms with Crippen molar-refractivity contribution in [2.45, 2.75) is 25.7 Å². The van der Waals surface area contributed by atoms with E-state index >= 15 is 0 Å². The Morgan fingerprint density at radius 2 is 1.79 bits per heavy atom. The van der Waals surface area contributed by atoms with Crippen molar-refractivity contribution in [3.8, 4) is 5.75 Å². The standard InChI is InChI=1S/C19H21F3N2O4S/c1-13(24(29(3,26)27)16-7-9-17(28-2)10-8-16)18(25)23-12-14-5-4-6-15(11-14)19(20,21)22/h4-11,13H,12H2,1-3H3,(H,23,25)/t13-/m0/s1. The molecule has 0 aliphatic rings. The van der Waals surface area contributed by atoms with E-state index in [1.807, 2.05) is 0 Å². The van der Waals surface area contributed by atoms with Crippen LogP contribution in [0.25, 0.3) is 0 Å². The van der Waals surface area contributed by atoms with Crippen molar-refractivity contribution in [1.29, 1.82) is 0 Å². The molecule has 2 aromatic rings. The van der Waals surface area contributed by atoms with Gasteiger partial charge in [0.25, 0.3) is 0 Å². The zero-order valence-corrected chi connectivity index (χ0v) is 16.8. The van der Waals surface area contributed by atoms with Crippen molar-refractivity contribution < 1.29 is 31.1 Å². The first kappa shape index (κ1) is 22.5. The predicted molar refractivity (Wildman–Crippen MR) is 103 cm³/mol. The van der Waals surface area contributed by atoms with Gasteiger partial charge in [0, 0.05) is 6.54 Å². The molecule has 0 aliphatic carbocycles. The van der Waals surface area contributed by atoms with Crippen molar-refractivity contribution in [1.82, 2.24) is 5.32 Å². The van der Waals surface area contributed by atoms with E-state index in [-0.39, 0.29) is 17.8 Å². The van der Waals surface area contributed by atoms with Gasteiger partial charge in [-0.25, -0.2) is 8.42 Å². The maximum atomic E-state index is 12.8. The summed E-state index contributed by atoms with van der Waals surface area (Å²) >= 11 is 0. The number of alkyl halides is 3. The first-order valence-corrected chi connectivity index (χ1v) is 10.4. The number of ether oxygens (including phenoxy) is 1. The summed E-state index contributed by atoms with van der Waals surface area (Å²) in [6.45, 7) is 1.22. The molecular formula is C19H21F3N2O4S. The summed E-state index contributed by atoms with van der Waals surface area (Å²) in [5.41, 5.74) is -0.320. The SMILES string of the molecule is COc1ccc(N([C@@H](C)C(=O)NCc2cccc(C(F)(F)F)c2)S(C)(=O)=O)cc1. The molecule has 1 amide bonds. The lowest BCUT2D eigenvalue weighted by molar-refractivity contribution is -0.137. The summed E-state index contributed by atoms with van der Waals surface area (Å²) in [5.74, 6) is -0.132. The van der Waals surface area contributed by atoms with Crippen LogP contribution in [0.5, 0.6) is 5.75 Å². The Bertz CT molecular complexity index is 960. The lowest BCUT2D eigenvalue weighted by Gasteiger charge is -2.28. The maximum Gasteiger partial charge on any atom is 0.416 e. The highest BCUT2D eigenvalue weighted by Crippen LogP contribution is 2.29. The molecule has 158 valence electrons. The van der Waals surface area contributed by atoms with Crippen molar-refractivity contribution in [3.63, 3.8) is 0 Å². The number of methoxy groups -OCH3 is 1. The molecule has 0 spiro atoms. The van der Waals surface area contributed by atoms with Gasteiger partial charge in [0.2, 0.25) is 15.9 Å². The fourth-order valence-electron chi connectivity index (χ4n) is 2.73. The minimum Gasteiger partial charge on any atom is -0.497 e. The number of halogens is 3. The Kier molecular flexibility index (Phi) is 6.78. The first-order valence-electron chi connectivity index (χ1n) is 8.51. The third-order valence-corrected chi connectivity index (χ3v) is 5.38. The lowest BCUT2D eigenvalue weighted by atomic mass is 10.1. The second-order valence-electron chi connectivity index (χ2n) is 6.35. The van der Waals surface area contributed by atoms with Crippen LogP contribution in [0.4, 0.5) is 18.9 Å². The van der Waals surface area contributed by atoms with E-state index in [9.17, 15) is 26.4 Å². The number of carbonyl (C=O) groups excluding carboxylic acids is 1. The maximum absolute atomic E-state index is 12.8. The third-order valence-electron chi connectivity index (χ3n) is 4.14. The van der Waals surface area contributed by atoms with E-state index in [0.717, 1.165) is 22.7 Å². The number of sulfonamides is 1. The van der Waals surface area contributed by atoms with Gasteiger partial charge >= 0.3 is 6.18 Å². The molecule has 0 aromatic heterocycles. The Hall–Kier alpha value is -2.75. The Morgan fingerprint density at radius 3 is 2.31 bits per heavy atom. The van der Waals surface area contributed by atoms with E-state index in [0.29, 0.717) is 5.75 Å². The van der Waals surface area contributed by atoms with Gasteiger partial charge < -0.3 is 10.1 Å². The summed E-state index contributed by atoms with van der Waals surface area (Å²) in [7, 11) is -2.34. The van der Waals surface area contributed by atoms with E-state index in [4.69, 9.17) is 4.74 Å². The largest absolute Gasteiger partial charge is 0.497 e. The summed E-state index contributed by atoms with van der Waals surface area (Å²) in [6, 6.07) is 9.54. The van der Waals surface area contributed by atoms with Gasteiger partial charge in [0.05, 0.1) is 24.6 Å². The molecule has 1 N–H and O–H groups in total. The van der Waals surface area contributed by atoms with Crippen molar-refractivity contribution in [2.24, 2.45) is 0 Å². The zero-order chi connectivity index (χ0) is 21.8. The highest BCUT2D eigenvalue weighted by molar-refractivity contribution is 7.92. The molecule has 0 unspecified atom stereocenters. The average Bonchev–Trinajstić information content (AvgIpc) is 2.65. The van der Waals surface area contributed by atoms with Gasteiger partial charge in [-0.05, 0) is 48.9 Å². The Balaban J connectivity index is 2.17. The van der Waals surface area contributed by atoms with Crippen molar-refractivity contribution >= 4 is 21.6 Å². The van der Waals surface area contributed by atoms with Crippen LogP contribution in [0.1, 0.15) is 18.1 Å². The van der Waals surface area contributed by atoms with Crippen LogP contribution < -0.4 is 14.4 Å². The van der Waals surface area contributed by atoms with Crippen LogP contribution in [-0.2, 0) is 27.5 Å². The number of benzene rings is 2. The van der Waals surface area contributed by atoms with E-state index in [2.05, 4.69) is 5.32 Å². The smallest absolute Gasteiger partial charge is 0.416 e. The van der Waals surface area contributed by atoms with Gasteiger partial charge in [-0.2, -0.15) is 13.2 Å². The molecule has 10 heteroatoms. The molecule has 6 nitrogen and oxygen atoms in total. The molecule has 1 atom stereocenters. The van der Waals surface area contributed by atoms with Crippen molar-refractivity contribution in [3.05, 3.63) is 59.7 Å². The van der Waals surface area contributed by atoms with Crippen LogP contribution in [0.3, 0.4) is 0 Å². The number of amides is 1. The molecule has 29 heavy (non-hydrogen) atoms. The summed E-state index contributed by atoms with van der Waals surface area (Å²) in [5, 5.41) is 2.49. The van der Waals surface area contributed by atoms with E-state index < -0.39 is 33.7 Å². The van der Waals surface area contributed by atoms with Gasteiger partial charge in [-0.1, -0.05) is 12.1 Å². The normalized spacial score (nSPS) is 12.9. The molecule has 0 bridgehead atoms. The van der Waals surface area contributed by atoms with Gasteiger partial charge in [0.15, 0.2) is 0 Å². The lowest BCUT2D eigenvalue weighted by Crippen LogP contribution is -2.47. The first-order chi connectivity index (χ1) is 13.4. The monoisotopic (exact) mass is 430 g/mol. The van der Waals surface area contributed by atoms with E-state index in [1.165, 1.54) is 38.3 Å². The van der Waals surface area contributed by atoms with Gasteiger partial charge in [0.1, 0.15) is 11.8 Å². The number of nitrogens with one attached hydrogen (secondary N) is 1. The second kappa shape index (κ2) is 8.73. The molecule has 0 heterocycles. The number of carbonyl (C=O) groups is 1.